The average Bonchev–Trinajstić information content (AvgIpc) is 3.68. The van der Waals surface area contributed by atoms with E-state index < -0.39 is 6.85 Å². The van der Waals surface area contributed by atoms with Gasteiger partial charge in [0, 0.05) is 37.1 Å². The molecule has 0 spiro atoms. The molecule has 0 aliphatic rings. The van der Waals surface area contributed by atoms with Crippen molar-refractivity contribution in [1.82, 2.24) is 9.55 Å². The molecule has 0 aliphatic carbocycles. The Labute approximate surface area is 302 Å². The summed E-state index contributed by atoms with van der Waals surface area (Å²) in [4.78, 5) is 4.53. The Morgan fingerprint density at radius 3 is 2.14 bits per heavy atom. The van der Waals surface area contributed by atoms with Crippen LogP contribution in [0.5, 0.6) is 0 Å². The SMILES string of the molecule is [2H]C([2H])([2H])c1ccc2c(ccc3c2ccc2oc4c(-c5n(-c6c(C(C)C)cc(-c7ccccc7)cc6C(C)C)c6ccccc6[n+]5C)c(C)ccc4c23)n1. The minimum absolute atomic E-state index is 0.100. The van der Waals surface area contributed by atoms with Gasteiger partial charge in [-0.05, 0) is 102 Å². The van der Waals surface area contributed by atoms with Crippen molar-refractivity contribution < 1.29 is 13.1 Å². The predicted octanol–water partition coefficient (Wildman–Crippen LogP) is 12.3. The zero-order valence-electron chi connectivity index (χ0n) is 32.9. The number of benzene rings is 6. The second-order valence-electron chi connectivity index (χ2n) is 14.5. The number of para-hydroxylation sites is 2. The fourth-order valence-corrected chi connectivity index (χ4v) is 8.17. The molecule has 0 unspecified atom stereocenters. The maximum atomic E-state index is 7.88. The van der Waals surface area contributed by atoms with Gasteiger partial charge in [0.05, 0.1) is 12.6 Å². The molecule has 0 atom stereocenters. The molecule has 51 heavy (non-hydrogen) atoms. The van der Waals surface area contributed by atoms with Crippen LogP contribution in [0.1, 0.15) is 66.0 Å². The van der Waals surface area contributed by atoms with Crippen LogP contribution in [0.25, 0.3) is 82.8 Å². The van der Waals surface area contributed by atoms with Crippen LogP contribution in [0.4, 0.5) is 0 Å². The van der Waals surface area contributed by atoms with Crippen molar-refractivity contribution in [3.05, 3.63) is 138 Å². The Balaban J connectivity index is 1.37. The van der Waals surface area contributed by atoms with Gasteiger partial charge >= 0.3 is 0 Å². The topological polar surface area (TPSA) is 34.8 Å². The Morgan fingerprint density at radius 1 is 0.706 bits per heavy atom. The van der Waals surface area contributed by atoms with Crippen LogP contribution >= 0.6 is 0 Å². The molecule has 0 bridgehead atoms. The van der Waals surface area contributed by atoms with Crippen LogP contribution in [-0.2, 0) is 7.05 Å². The van der Waals surface area contributed by atoms with Crippen LogP contribution in [0.2, 0.25) is 0 Å². The van der Waals surface area contributed by atoms with E-state index in [2.05, 4.69) is 147 Å². The number of imidazole rings is 1. The highest BCUT2D eigenvalue weighted by atomic mass is 16.3. The number of rotatable bonds is 5. The van der Waals surface area contributed by atoms with Crippen molar-refractivity contribution >= 4 is 54.6 Å². The number of aryl methyl sites for hydroxylation is 3. The number of pyridine rings is 1. The zero-order valence-corrected chi connectivity index (χ0v) is 29.9. The fraction of sp³-hybridized carbons (Fsp3) is 0.191. The molecule has 3 heterocycles. The number of fused-ring (bicyclic) bond motifs is 8. The van der Waals surface area contributed by atoms with E-state index in [4.69, 9.17) is 8.53 Å². The first kappa shape index (κ1) is 28.0. The van der Waals surface area contributed by atoms with Crippen molar-refractivity contribution in [2.75, 3.05) is 0 Å². The van der Waals surface area contributed by atoms with E-state index in [1.54, 1.807) is 6.07 Å². The smallest absolute Gasteiger partial charge is 0.299 e. The minimum Gasteiger partial charge on any atom is -0.455 e. The van der Waals surface area contributed by atoms with Gasteiger partial charge in [-0.2, -0.15) is 4.57 Å². The summed E-state index contributed by atoms with van der Waals surface area (Å²) in [5.74, 6) is 1.58. The van der Waals surface area contributed by atoms with Crippen LogP contribution in [0, 0.1) is 13.8 Å². The molecule has 0 saturated carbocycles. The molecule has 250 valence electrons. The Kier molecular flexibility index (Phi) is 6.41. The van der Waals surface area contributed by atoms with E-state index in [1.807, 2.05) is 18.2 Å². The second kappa shape index (κ2) is 11.7. The number of aromatic nitrogens is 3. The number of furan rings is 1. The summed E-state index contributed by atoms with van der Waals surface area (Å²) >= 11 is 0. The lowest BCUT2D eigenvalue weighted by Crippen LogP contribution is -2.30. The molecule has 6 aromatic carbocycles. The van der Waals surface area contributed by atoms with Crippen LogP contribution in [-0.4, -0.2) is 9.55 Å². The highest BCUT2D eigenvalue weighted by molar-refractivity contribution is 6.24. The van der Waals surface area contributed by atoms with E-state index >= 15 is 0 Å². The number of nitrogens with zero attached hydrogens (tertiary/aromatic N) is 3. The first-order valence-electron chi connectivity index (χ1n) is 19.3. The van der Waals surface area contributed by atoms with Crippen molar-refractivity contribution in [3.63, 3.8) is 0 Å². The lowest BCUT2D eigenvalue weighted by atomic mass is 9.88. The van der Waals surface area contributed by atoms with E-state index in [-0.39, 0.29) is 17.5 Å². The van der Waals surface area contributed by atoms with E-state index in [0.717, 1.165) is 66.1 Å². The van der Waals surface area contributed by atoms with Crippen molar-refractivity contribution in [1.29, 1.82) is 0 Å². The molecule has 0 radical (unpaired) electrons. The lowest BCUT2D eigenvalue weighted by Gasteiger charge is -2.21. The third-order valence-corrected chi connectivity index (χ3v) is 10.7. The van der Waals surface area contributed by atoms with Gasteiger partial charge in [0.25, 0.3) is 5.82 Å². The highest BCUT2D eigenvalue weighted by Crippen LogP contribution is 2.44. The summed E-state index contributed by atoms with van der Waals surface area (Å²) in [5.41, 5.74) is 13.1. The van der Waals surface area contributed by atoms with Gasteiger partial charge < -0.3 is 4.42 Å². The van der Waals surface area contributed by atoms with E-state index in [0.29, 0.717) is 5.52 Å². The Hall–Kier alpha value is -5.74. The fourth-order valence-electron chi connectivity index (χ4n) is 8.17. The van der Waals surface area contributed by atoms with Gasteiger partial charge in [-0.15, -0.1) is 0 Å². The molecule has 0 saturated heterocycles. The van der Waals surface area contributed by atoms with Crippen LogP contribution in [0.3, 0.4) is 0 Å². The number of hydrogen-bond donors (Lipinski definition) is 0. The number of hydrogen-bond acceptors (Lipinski definition) is 2. The van der Waals surface area contributed by atoms with E-state index in [9.17, 15) is 0 Å². The normalized spacial score (nSPS) is 13.3. The standard InChI is InChI=1S/C47H42N3O/c1-27(2)37-25-32(31-13-9-8-10-14-31)26-38(28(3)4)45(37)50-41-16-12-11-15-40(41)49(7)47(50)43-29(5)17-19-36-44-35-21-23-39-34(20-18-30(6)48-39)33(35)22-24-42(44)51-46(36)43/h8-28H,1-7H3/q+1/i6D3. The van der Waals surface area contributed by atoms with Gasteiger partial charge in [0.1, 0.15) is 16.8 Å². The molecule has 0 fully saturated rings. The summed E-state index contributed by atoms with van der Waals surface area (Å²) in [6, 6.07) is 40.1. The lowest BCUT2D eigenvalue weighted by molar-refractivity contribution is -0.633. The predicted molar refractivity (Wildman–Crippen MR) is 213 cm³/mol. The van der Waals surface area contributed by atoms with Crippen LogP contribution in [0.15, 0.2) is 120 Å². The van der Waals surface area contributed by atoms with Gasteiger partial charge in [0.2, 0.25) is 0 Å². The first-order chi connectivity index (χ1) is 25.9. The van der Waals surface area contributed by atoms with Gasteiger partial charge in [-0.25, -0.2) is 4.57 Å². The summed E-state index contributed by atoms with van der Waals surface area (Å²) < 4.78 is 35.4. The largest absolute Gasteiger partial charge is 0.455 e. The van der Waals surface area contributed by atoms with Gasteiger partial charge in [-0.1, -0.05) is 94.4 Å². The van der Waals surface area contributed by atoms with E-state index in [1.165, 1.54) is 27.9 Å². The maximum absolute atomic E-state index is 7.88. The summed E-state index contributed by atoms with van der Waals surface area (Å²) in [6.45, 7) is 9.09. The second-order valence-corrected chi connectivity index (χ2v) is 14.5. The Morgan fingerprint density at radius 2 is 1.39 bits per heavy atom. The molecular weight excluding hydrogens is 623 g/mol. The van der Waals surface area contributed by atoms with Gasteiger partial charge in [-0.3, -0.25) is 4.98 Å². The van der Waals surface area contributed by atoms with Crippen LogP contribution < -0.4 is 4.57 Å². The minimum atomic E-state index is -2.27. The van der Waals surface area contributed by atoms with Crippen molar-refractivity contribution in [3.8, 4) is 28.2 Å². The Bertz CT molecular complexity index is 2920. The first-order valence-corrected chi connectivity index (χ1v) is 17.8. The van der Waals surface area contributed by atoms with Crippen molar-refractivity contribution in [2.24, 2.45) is 7.05 Å². The third-order valence-electron chi connectivity index (χ3n) is 10.7. The molecule has 3 aromatic heterocycles. The molecule has 4 nitrogen and oxygen atoms in total. The quantitative estimate of drug-likeness (QED) is 0.135. The van der Waals surface area contributed by atoms with Gasteiger partial charge in [0.15, 0.2) is 16.6 Å². The molecule has 0 amide bonds. The zero-order chi connectivity index (χ0) is 37.6. The summed E-state index contributed by atoms with van der Waals surface area (Å²) in [5, 5.41) is 5.04. The molecule has 9 aromatic rings. The third kappa shape index (κ3) is 4.73. The molecule has 0 aliphatic heterocycles. The summed E-state index contributed by atoms with van der Waals surface area (Å²) in [6.07, 6.45) is 0. The maximum Gasteiger partial charge on any atom is 0.299 e. The monoisotopic (exact) mass is 667 g/mol. The highest BCUT2D eigenvalue weighted by Gasteiger charge is 2.34. The van der Waals surface area contributed by atoms with Crippen molar-refractivity contribution in [2.45, 2.75) is 53.3 Å². The average molecular weight is 668 g/mol. The molecule has 9 rings (SSSR count). The summed E-state index contributed by atoms with van der Waals surface area (Å²) in [7, 11) is 2.17. The molecular formula is C47H42N3O+. The molecule has 4 heteroatoms. The molecule has 0 N–H and O–H groups in total.